The number of thiazole rings is 1. The number of hydrogen-bond donors (Lipinski definition) is 2. The molecular weight excluding hydrogens is 462 g/mol. The zero-order valence-electron chi connectivity index (χ0n) is 16.9. The first-order valence-electron chi connectivity index (χ1n) is 10.1. The predicted molar refractivity (Wildman–Crippen MR) is 114 cm³/mol. The van der Waals surface area contributed by atoms with Gasteiger partial charge in [-0.3, -0.25) is 4.79 Å². The van der Waals surface area contributed by atoms with Gasteiger partial charge >= 0.3 is 6.18 Å². The summed E-state index contributed by atoms with van der Waals surface area (Å²) >= 11 is 1.20. The number of nitrogen functional groups attached to an aromatic ring is 1. The lowest BCUT2D eigenvalue weighted by Gasteiger charge is -2.28. The van der Waals surface area contributed by atoms with Gasteiger partial charge in [-0.2, -0.15) is 13.2 Å². The van der Waals surface area contributed by atoms with Gasteiger partial charge in [0.1, 0.15) is 11.3 Å². The normalized spacial score (nSPS) is 19.3. The molecule has 13 heteroatoms. The van der Waals surface area contributed by atoms with Crippen molar-refractivity contribution in [3.05, 3.63) is 36.2 Å². The van der Waals surface area contributed by atoms with Gasteiger partial charge in [-0.05, 0) is 43.9 Å². The molecule has 4 aromatic rings. The molecule has 172 valence electrons. The van der Waals surface area contributed by atoms with E-state index < -0.39 is 12.0 Å². The Labute approximate surface area is 187 Å². The third-order valence-corrected chi connectivity index (χ3v) is 6.68. The molecule has 0 spiro atoms. The summed E-state index contributed by atoms with van der Waals surface area (Å²) in [7, 11) is 0. The highest BCUT2D eigenvalue weighted by atomic mass is 32.1. The van der Waals surface area contributed by atoms with Crippen LogP contribution < -0.4 is 11.1 Å². The van der Waals surface area contributed by atoms with Gasteiger partial charge in [-0.1, -0.05) is 11.3 Å². The molecule has 0 atom stereocenters. The molecular formula is C20H17F4N7OS. The largest absolute Gasteiger partial charge is 0.451 e. The second-order valence-corrected chi connectivity index (χ2v) is 8.91. The quantitative estimate of drug-likeness (QED) is 0.417. The summed E-state index contributed by atoms with van der Waals surface area (Å²) < 4.78 is 54.9. The van der Waals surface area contributed by atoms with Crippen molar-refractivity contribution in [3.63, 3.8) is 0 Å². The van der Waals surface area contributed by atoms with Gasteiger partial charge in [0.15, 0.2) is 16.6 Å². The Morgan fingerprint density at radius 1 is 1.15 bits per heavy atom. The van der Waals surface area contributed by atoms with Crippen LogP contribution in [-0.4, -0.2) is 30.4 Å². The number of imidazole rings is 1. The van der Waals surface area contributed by atoms with Crippen molar-refractivity contribution in [2.24, 2.45) is 5.92 Å². The lowest BCUT2D eigenvalue weighted by Crippen LogP contribution is -2.28. The molecule has 0 saturated heterocycles. The number of anilines is 2. The molecule has 0 radical (unpaired) electrons. The lowest BCUT2D eigenvalue weighted by atomic mass is 9.85. The van der Waals surface area contributed by atoms with Crippen LogP contribution in [0.25, 0.3) is 21.4 Å². The van der Waals surface area contributed by atoms with E-state index in [4.69, 9.17) is 5.73 Å². The standard InChI is InChI=1S/C20H17F4N7OS/c21-10-3-6-12-13(7-10)33-19(27-12)30-17(32)9-1-4-11(5-2-9)31-8-26-14-15(25)28-18(20(22,23)24)29-16(14)31/h3,6-9,11H,1-2,4-5H2,(H2,25,28,29)(H,27,30,32). The number of hydrogen-bond acceptors (Lipinski definition) is 7. The van der Waals surface area contributed by atoms with Crippen molar-refractivity contribution in [1.29, 1.82) is 0 Å². The molecule has 0 unspecified atom stereocenters. The molecule has 1 saturated carbocycles. The fraction of sp³-hybridized carbons (Fsp3) is 0.350. The molecule has 8 nitrogen and oxygen atoms in total. The minimum absolute atomic E-state index is 0.0319. The van der Waals surface area contributed by atoms with Gasteiger partial charge in [0, 0.05) is 12.0 Å². The SMILES string of the molecule is Nc1nc(C(F)(F)F)nc2c1ncn2C1CCC(C(=O)Nc2nc3ccc(F)cc3s2)CC1. The highest BCUT2D eigenvalue weighted by Crippen LogP contribution is 2.36. The minimum atomic E-state index is -4.72. The summed E-state index contributed by atoms with van der Waals surface area (Å²) in [5.74, 6) is -2.46. The van der Waals surface area contributed by atoms with Crippen molar-refractivity contribution in [1.82, 2.24) is 24.5 Å². The highest BCUT2D eigenvalue weighted by Gasteiger charge is 2.36. The Morgan fingerprint density at radius 2 is 1.91 bits per heavy atom. The van der Waals surface area contributed by atoms with Crippen molar-refractivity contribution >= 4 is 49.6 Å². The number of aromatic nitrogens is 5. The van der Waals surface area contributed by atoms with Crippen LogP contribution in [-0.2, 0) is 11.0 Å². The van der Waals surface area contributed by atoms with Crippen LogP contribution in [0.2, 0.25) is 0 Å². The number of halogens is 4. The van der Waals surface area contributed by atoms with Gasteiger partial charge < -0.3 is 15.6 Å². The maximum Gasteiger partial charge on any atom is 0.451 e. The maximum absolute atomic E-state index is 13.4. The molecule has 0 aliphatic heterocycles. The third kappa shape index (κ3) is 4.08. The first kappa shape index (κ1) is 21.5. The summed E-state index contributed by atoms with van der Waals surface area (Å²) in [5, 5.41) is 3.19. The molecule has 33 heavy (non-hydrogen) atoms. The lowest BCUT2D eigenvalue weighted by molar-refractivity contribution is -0.144. The van der Waals surface area contributed by atoms with E-state index in [9.17, 15) is 22.4 Å². The number of nitrogens with one attached hydrogen (secondary N) is 1. The van der Waals surface area contributed by atoms with Crippen LogP contribution in [0.3, 0.4) is 0 Å². The van der Waals surface area contributed by atoms with Crippen LogP contribution in [0.5, 0.6) is 0 Å². The van der Waals surface area contributed by atoms with Crippen LogP contribution in [0.1, 0.15) is 37.5 Å². The number of carbonyl (C=O) groups is 1. The number of nitrogens with zero attached hydrogens (tertiary/aromatic N) is 5. The fourth-order valence-electron chi connectivity index (χ4n) is 4.11. The first-order chi connectivity index (χ1) is 15.7. The number of carbonyl (C=O) groups excluding carboxylic acids is 1. The smallest absolute Gasteiger partial charge is 0.382 e. The van der Waals surface area contributed by atoms with Crippen LogP contribution in [0.15, 0.2) is 24.5 Å². The molecule has 5 rings (SSSR count). The summed E-state index contributed by atoms with van der Waals surface area (Å²) in [6.45, 7) is 0. The van der Waals surface area contributed by atoms with Crippen molar-refractivity contribution < 1.29 is 22.4 Å². The third-order valence-electron chi connectivity index (χ3n) is 5.74. The summed E-state index contributed by atoms with van der Waals surface area (Å²) in [4.78, 5) is 28.1. The van der Waals surface area contributed by atoms with Crippen LogP contribution in [0, 0.1) is 11.7 Å². The molecule has 1 aromatic carbocycles. The van der Waals surface area contributed by atoms with Crippen molar-refractivity contribution in [3.8, 4) is 0 Å². The van der Waals surface area contributed by atoms with Crippen LogP contribution in [0.4, 0.5) is 28.5 Å². The van der Waals surface area contributed by atoms with Crippen molar-refractivity contribution in [2.75, 3.05) is 11.1 Å². The highest BCUT2D eigenvalue weighted by molar-refractivity contribution is 7.22. The fourth-order valence-corrected chi connectivity index (χ4v) is 5.00. The monoisotopic (exact) mass is 479 g/mol. The topological polar surface area (TPSA) is 112 Å². The van der Waals surface area contributed by atoms with E-state index in [1.54, 1.807) is 10.6 Å². The number of amides is 1. The maximum atomic E-state index is 13.4. The average molecular weight is 479 g/mol. The Kier molecular flexibility index (Phi) is 5.15. The van der Waals surface area contributed by atoms with E-state index in [1.165, 1.54) is 29.8 Å². The molecule has 1 fully saturated rings. The Morgan fingerprint density at radius 3 is 2.64 bits per heavy atom. The number of fused-ring (bicyclic) bond motifs is 2. The van der Waals surface area contributed by atoms with E-state index in [2.05, 4.69) is 25.3 Å². The zero-order valence-corrected chi connectivity index (χ0v) is 17.8. The molecule has 1 amide bonds. The summed E-state index contributed by atoms with van der Waals surface area (Å²) in [6.07, 6.45) is -1.13. The summed E-state index contributed by atoms with van der Waals surface area (Å²) in [6, 6.07) is 4.06. The van der Waals surface area contributed by atoms with E-state index >= 15 is 0 Å². The van der Waals surface area contributed by atoms with Gasteiger partial charge in [0.25, 0.3) is 0 Å². The number of benzene rings is 1. The van der Waals surface area contributed by atoms with E-state index in [-0.39, 0.29) is 40.7 Å². The minimum Gasteiger partial charge on any atom is -0.382 e. The van der Waals surface area contributed by atoms with Crippen LogP contribution >= 0.6 is 11.3 Å². The number of rotatable bonds is 3. The molecule has 3 heterocycles. The zero-order chi connectivity index (χ0) is 23.3. The molecule has 1 aliphatic rings. The van der Waals surface area contributed by atoms with E-state index in [0.717, 1.165) is 0 Å². The summed E-state index contributed by atoms with van der Waals surface area (Å²) in [5.41, 5.74) is 6.42. The van der Waals surface area contributed by atoms with Crippen molar-refractivity contribution in [2.45, 2.75) is 37.9 Å². The second kappa shape index (κ2) is 7.90. The van der Waals surface area contributed by atoms with Gasteiger partial charge in [-0.15, -0.1) is 0 Å². The Hall–Kier alpha value is -3.35. The molecule has 0 bridgehead atoms. The number of alkyl halides is 3. The number of nitrogens with two attached hydrogens (primary N) is 1. The molecule has 3 aromatic heterocycles. The Balaban J connectivity index is 1.29. The first-order valence-corrected chi connectivity index (χ1v) is 10.9. The van der Waals surface area contributed by atoms with Gasteiger partial charge in [0.05, 0.1) is 16.5 Å². The van der Waals surface area contributed by atoms with E-state index in [1.807, 2.05) is 0 Å². The van der Waals surface area contributed by atoms with E-state index in [0.29, 0.717) is 41.0 Å². The molecule has 3 N–H and O–H groups in total. The molecule has 1 aliphatic carbocycles. The average Bonchev–Trinajstić information content (AvgIpc) is 3.36. The second-order valence-electron chi connectivity index (χ2n) is 7.88. The van der Waals surface area contributed by atoms with Gasteiger partial charge in [-0.25, -0.2) is 24.3 Å². The van der Waals surface area contributed by atoms with Gasteiger partial charge in [0.2, 0.25) is 11.7 Å². The predicted octanol–water partition coefficient (Wildman–Crippen LogP) is 4.55. The Bertz CT molecular complexity index is 1360.